The molecule has 2 radical (unpaired) electrons. The molecule has 11 heavy (non-hydrogen) atoms. The number of ether oxygens (including phenoxy) is 1. The first-order valence-electron chi connectivity index (χ1n) is 3.07. The maximum atomic E-state index is 8.88. The molecule has 0 spiro atoms. The summed E-state index contributed by atoms with van der Waals surface area (Å²) in [6.45, 7) is 5.51. The monoisotopic (exact) mass is 368 g/mol. The van der Waals surface area contributed by atoms with E-state index in [4.69, 9.17) is 9.84 Å². The molecule has 1 N–H and O–H groups in total. The molecule has 0 saturated carbocycles. The van der Waals surface area contributed by atoms with Crippen LogP contribution < -0.4 is 12.4 Å². The van der Waals surface area contributed by atoms with E-state index in [0.29, 0.717) is 0 Å². The topological polar surface area (TPSA) is 29.5 Å². The minimum Gasteiger partial charge on any atom is -1.00 e. The summed E-state index contributed by atoms with van der Waals surface area (Å²) in [6.07, 6.45) is 1.34. The van der Waals surface area contributed by atoms with Gasteiger partial charge in [0.2, 0.25) is 0 Å². The van der Waals surface area contributed by atoms with Crippen LogP contribution in [0, 0.1) is 6.42 Å². The van der Waals surface area contributed by atoms with E-state index in [2.05, 4.69) is 0 Å². The van der Waals surface area contributed by atoms with Crippen molar-refractivity contribution in [3.63, 3.8) is 0 Å². The molecule has 0 fully saturated rings. The molecule has 4 heteroatoms. The summed E-state index contributed by atoms with van der Waals surface area (Å²) in [4.78, 5) is 0. The zero-order valence-corrected chi connectivity index (χ0v) is 13.8. The second kappa shape index (κ2) is 7.78. The van der Waals surface area contributed by atoms with Crippen LogP contribution in [0.4, 0.5) is 0 Å². The molecule has 0 rings (SSSR count). The predicted octanol–water partition coefficient (Wildman–Crippen LogP) is -2.00. The molecule has 0 saturated heterocycles. The van der Waals surface area contributed by atoms with E-state index < -0.39 is 6.10 Å². The Kier molecular flexibility index (Phi) is 12.8. The van der Waals surface area contributed by atoms with Crippen LogP contribution in [-0.4, -0.2) is 23.9 Å². The number of hydrogen-bond donors (Lipinski definition) is 1. The van der Waals surface area contributed by atoms with E-state index in [-0.39, 0.29) is 45.7 Å². The third kappa shape index (κ3) is 11.1. The van der Waals surface area contributed by atoms with E-state index in [9.17, 15) is 0 Å². The van der Waals surface area contributed by atoms with Crippen molar-refractivity contribution >= 4 is 0 Å². The van der Waals surface area contributed by atoms with Crippen molar-refractivity contribution in [2.45, 2.75) is 32.5 Å². The van der Waals surface area contributed by atoms with Crippen molar-refractivity contribution in [2.75, 3.05) is 7.11 Å². The van der Waals surface area contributed by atoms with Gasteiger partial charge in [-0.05, 0) is 20.8 Å². The predicted molar refractivity (Wildman–Crippen MR) is 37.1 cm³/mol. The molecule has 0 aromatic carbocycles. The van der Waals surface area contributed by atoms with Gasteiger partial charge in [-0.25, -0.2) is 0 Å². The SMILES string of the molecule is COC(C)(C)[CH][C@H](C)O.[Cl-].[Hg+]. The summed E-state index contributed by atoms with van der Waals surface area (Å²) in [5.41, 5.74) is -0.311. The van der Waals surface area contributed by atoms with Gasteiger partial charge in [-0.3, -0.25) is 0 Å². The van der Waals surface area contributed by atoms with E-state index >= 15 is 0 Å². The molecule has 0 aromatic heterocycles. The van der Waals surface area contributed by atoms with Crippen molar-refractivity contribution in [1.29, 1.82) is 0 Å². The molecule has 0 heterocycles. The van der Waals surface area contributed by atoms with Gasteiger partial charge in [-0.15, -0.1) is 0 Å². The Morgan fingerprint density at radius 1 is 1.45 bits per heavy atom. The Morgan fingerprint density at radius 2 is 1.82 bits per heavy atom. The smallest absolute Gasteiger partial charge is 1.00 e. The van der Waals surface area contributed by atoms with Gasteiger partial charge in [0, 0.05) is 13.5 Å². The Hall–Kier alpha value is 1.15. The van der Waals surface area contributed by atoms with Crippen molar-refractivity contribution in [1.82, 2.24) is 0 Å². The minimum atomic E-state index is -0.403. The molecule has 0 aliphatic carbocycles. The standard InChI is InChI=1S/C7H15O2.ClH.Hg/c1-6(8)5-7(2,3)9-4;;/h5-6,8H,1-4H3;1H;/q;;+1/p-1/t6-;;/m0../s1. The summed E-state index contributed by atoms with van der Waals surface area (Å²) in [5, 5.41) is 8.88. The van der Waals surface area contributed by atoms with E-state index in [0.717, 1.165) is 0 Å². The summed E-state index contributed by atoms with van der Waals surface area (Å²) in [7, 11) is 1.62. The normalized spacial score (nSPS) is 12.8. The maximum absolute atomic E-state index is 8.88. The molecule has 0 bridgehead atoms. The first-order valence-corrected chi connectivity index (χ1v) is 3.07. The molecule has 0 aliphatic heterocycles. The third-order valence-electron chi connectivity index (χ3n) is 1.17. The number of halogens is 1. The van der Waals surface area contributed by atoms with Crippen LogP contribution in [0.1, 0.15) is 20.8 Å². The van der Waals surface area contributed by atoms with E-state index in [1.807, 2.05) is 13.8 Å². The third-order valence-corrected chi connectivity index (χ3v) is 1.17. The van der Waals surface area contributed by atoms with Gasteiger partial charge in [0.05, 0.1) is 11.7 Å². The number of rotatable bonds is 3. The van der Waals surface area contributed by atoms with Crippen molar-refractivity contribution in [3.8, 4) is 0 Å². The van der Waals surface area contributed by atoms with Crippen LogP contribution in [0.25, 0.3) is 0 Å². The quantitative estimate of drug-likeness (QED) is 0.585. The molecule has 0 unspecified atom stereocenters. The number of hydrogen-bond acceptors (Lipinski definition) is 2. The van der Waals surface area contributed by atoms with Crippen LogP contribution in [0.5, 0.6) is 0 Å². The summed E-state index contributed by atoms with van der Waals surface area (Å²) >= 11 is 0. The largest absolute Gasteiger partial charge is 1.00 e. The van der Waals surface area contributed by atoms with Crippen LogP contribution in [0.3, 0.4) is 0 Å². The van der Waals surface area contributed by atoms with Gasteiger partial charge in [-0.1, -0.05) is 0 Å². The zero-order chi connectivity index (χ0) is 7.49. The second-order valence-electron chi connectivity index (χ2n) is 2.71. The van der Waals surface area contributed by atoms with Gasteiger partial charge in [0.25, 0.3) is 0 Å². The Bertz CT molecular complexity index is 86.5. The first kappa shape index (κ1) is 18.0. The number of aliphatic hydroxyl groups is 1. The summed E-state index contributed by atoms with van der Waals surface area (Å²) in [6, 6.07) is 0. The molecule has 0 aliphatic rings. The maximum Gasteiger partial charge on any atom is 1.00 e. The fraction of sp³-hybridized carbons (Fsp3) is 0.857. The molecule has 1 atom stereocenters. The zero-order valence-electron chi connectivity index (χ0n) is 7.60. The van der Waals surface area contributed by atoms with Gasteiger partial charge in [0.15, 0.2) is 0 Å². The van der Waals surface area contributed by atoms with E-state index in [1.54, 1.807) is 20.5 Å². The van der Waals surface area contributed by atoms with Gasteiger partial charge in [0.1, 0.15) is 0 Å². The number of aliphatic hydroxyl groups excluding tert-OH is 1. The number of methoxy groups -OCH3 is 1. The average molecular weight is 367 g/mol. The van der Waals surface area contributed by atoms with Gasteiger partial charge < -0.3 is 22.3 Å². The first-order chi connectivity index (χ1) is 3.98. The van der Waals surface area contributed by atoms with Gasteiger partial charge in [-0.2, -0.15) is 0 Å². The van der Waals surface area contributed by atoms with Crippen LogP contribution >= 0.6 is 0 Å². The summed E-state index contributed by atoms with van der Waals surface area (Å²) < 4.78 is 5.03. The van der Waals surface area contributed by atoms with Crippen LogP contribution in [0.2, 0.25) is 0 Å². The molecule has 0 amide bonds. The molecular formula is C7H15ClHgO2. The molecule has 64 valence electrons. The minimum absolute atomic E-state index is 0. The van der Waals surface area contributed by atoms with Gasteiger partial charge >= 0.3 is 27.7 Å². The van der Waals surface area contributed by atoms with Crippen molar-refractivity contribution in [3.05, 3.63) is 6.42 Å². The van der Waals surface area contributed by atoms with Crippen LogP contribution in [0.15, 0.2) is 0 Å². The summed E-state index contributed by atoms with van der Waals surface area (Å²) in [5.74, 6) is 0. The molecular weight excluding hydrogens is 352 g/mol. The molecule has 2 nitrogen and oxygen atoms in total. The van der Waals surface area contributed by atoms with Crippen LogP contribution in [-0.2, 0) is 32.4 Å². The Labute approximate surface area is 95.6 Å². The second-order valence-corrected chi connectivity index (χ2v) is 2.71. The molecule has 0 aromatic rings. The fourth-order valence-corrected chi connectivity index (χ4v) is 0.649. The van der Waals surface area contributed by atoms with Crippen molar-refractivity contribution in [2.24, 2.45) is 0 Å². The van der Waals surface area contributed by atoms with E-state index in [1.165, 1.54) is 0 Å². The Morgan fingerprint density at radius 3 is 1.91 bits per heavy atom. The van der Waals surface area contributed by atoms with Crippen molar-refractivity contribution < 1.29 is 49.9 Å². The Balaban J connectivity index is -0.000000320. The fourth-order valence-electron chi connectivity index (χ4n) is 0.649. The average Bonchev–Trinajstić information content (AvgIpc) is 1.63.